The fraction of sp³-hybridized carbons (Fsp3) is 0.700. The van der Waals surface area contributed by atoms with Crippen LogP contribution < -0.4 is 5.73 Å². The second-order valence-corrected chi connectivity index (χ2v) is 5.17. The standard InChI is InChI=1S/C10H16N2OS/c1-10(3-2-4-14-7-10)9-12-8(5-11)6-13-9/h6H,2-5,7,11H2,1H3. The number of nitrogens with zero attached hydrogens (tertiary/aromatic N) is 1. The van der Waals surface area contributed by atoms with E-state index in [4.69, 9.17) is 10.2 Å². The van der Waals surface area contributed by atoms with Gasteiger partial charge in [-0.05, 0) is 18.6 Å². The lowest BCUT2D eigenvalue weighted by Crippen LogP contribution is -2.29. The Morgan fingerprint density at radius 2 is 2.57 bits per heavy atom. The van der Waals surface area contributed by atoms with Gasteiger partial charge in [-0.3, -0.25) is 0 Å². The Balaban J connectivity index is 2.19. The van der Waals surface area contributed by atoms with Crippen LogP contribution in [0, 0.1) is 0 Å². The number of aromatic nitrogens is 1. The zero-order chi connectivity index (χ0) is 10.0. The first-order valence-electron chi connectivity index (χ1n) is 4.97. The van der Waals surface area contributed by atoms with E-state index >= 15 is 0 Å². The van der Waals surface area contributed by atoms with E-state index in [1.165, 1.54) is 18.6 Å². The lowest BCUT2D eigenvalue weighted by atomic mass is 9.87. The molecule has 2 heterocycles. The number of hydrogen-bond donors (Lipinski definition) is 1. The maximum Gasteiger partial charge on any atom is 0.201 e. The minimum Gasteiger partial charge on any atom is -0.448 e. The first kappa shape index (κ1) is 10.1. The van der Waals surface area contributed by atoms with Crippen molar-refractivity contribution in [2.24, 2.45) is 5.73 Å². The molecule has 78 valence electrons. The molecule has 1 saturated heterocycles. The molecule has 0 spiro atoms. The second-order valence-electron chi connectivity index (χ2n) is 4.06. The number of thioether (sulfide) groups is 1. The van der Waals surface area contributed by atoms with Gasteiger partial charge >= 0.3 is 0 Å². The topological polar surface area (TPSA) is 52.0 Å². The van der Waals surface area contributed by atoms with Crippen molar-refractivity contribution in [1.82, 2.24) is 4.98 Å². The average Bonchev–Trinajstić information content (AvgIpc) is 2.67. The van der Waals surface area contributed by atoms with E-state index in [-0.39, 0.29) is 5.41 Å². The summed E-state index contributed by atoms with van der Waals surface area (Å²) in [4.78, 5) is 4.42. The van der Waals surface area contributed by atoms with Gasteiger partial charge in [0.05, 0.1) is 11.1 Å². The molecule has 0 aliphatic carbocycles. The van der Waals surface area contributed by atoms with Crippen molar-refractivity contribution in [3.05, 3.63) is 17.8 Å². The first-order chi connectivity index (χ1) is 6.74. The van der Waals surface area contributed by atoms with Crippen molar-refractivity contribution in [3.63, 3.8) is 0 Å². The van der Waals surface area contributed by atoms with Crippen LogP contribution in [-0.2, 0) is 12.0 Å². The molecule has 2 rings (SSSR count). The molecule has 14 heavy (non-hydrogen) atoms. The number of oxazole rings is 1. The van der Waals surface area contributed by atoms with Crippen LogP contribution in [0.25, 0.3) is 0 Å². The van der Waals surface area contributed by atoms with Crippen molar-refractivity contribution >= 4 is 11.8 Å². The molecular formula is C10H16N2OS. The molecular weight excluding hydrogens is 196 g/mol. The van der Waals surface area contributed by atoms with Crippen molar-refractivity contribution in [2.75, 3.05) is 11.5 Å². The smallest absolute Gasteiger partial charge is 0.201 e. The van der Waals surface area contributed by atoms with Crippen molar-refractivity contribution in [3.8, 4) is 0 Å². The summed E-state index contributed by atoms with van der Waals surface area (Å²) in [6.07, 6.45) is 4.10. The van der Waals surface area contributed by atoms with Gasteiger partial charge in [-0.25, -0.2) is 4.98 Å². The van der Waals surface area contributed by atoms with Crippen molar-refractivity contribution in [1.29, 1.82) is 0 Å². The Bertz CT molecular complexity index is 305. The van der Waals surface area contributed by atoms with Gasteiger partial charge in [0.1, 0.15) is 6.26 Å². The van der Waals surface area contributed by atoms with E-state index in [0.717, 1.165) is 17.3 Å². The summed E-state index contributed by atoms with van der Waals surface area (Å²) in [5, 5.41) is 0. The summed E-state index contributed by atoms with van der Waals surface area (Å²) in [7, 11) is 0. The molecule has 1 fully saturated rings. The maximum absolute atomic E-state index is 5.51. The minimum absolute atomic E-state index is 0.121. The van der Waals surface area contributed by atoms with E-state index in [1.54, 1.807) is 6.26 Å². The fourth-order valence-electron chi connectivity index (χ4n) is 1.78. The van der Waals surface area contributed by atoms with Crippen LogP contribution in [0.4, 0.5) is 0 Å². The monoisotopic (exact) mass is 212 g/mol. The van der Waals surface area contributed by atoms with Crippen LogP contribution in [0.3, 0.4) is 0 Å². The molecule has 0 bridgehead atoms. The van der Waals surface area contributed by atoms with Gasteiger partial charge in [0, 0.05) is 12.3 Å². The predicted octanol–water partition coefficient (Wildman–Crippen LogP) is 1.92. The third-order valence-corrected chi connectivity index (χ3v) is 4.13. The highest BCUT2D eigenvalue weighted by molar-refractivity contribution is 7.99. The highest BCUT2D eigenvalue weighted by atomic mass is 32.2. The molecule has 0 saturated carbocycles. The van der Waals surface area contributed by atoms with Crippen LogP contribution in [0.5, 0.6) is 0 Å². The summed E-state index contributed by atoms with van der Waals surface area (Å²) < 4.78 is 5.49. The molecule has 1 atom stereocenters. The van der Waals surface area contributed by atoms with Gasteiger partial charge in [0.15, 0.2) is 0 Å². The molecule has 1 aliphatic heterocycles. The van der Waals surface area contributed by atoms with Gasteiger partial charge in [-0.2, -0.15) is 11.8 Å². The predicted molar refractivity (Wildman–Crippen MR) is 58.3 cm³/mol. The van der Waals surface area contributed by atoms with Gasteiger partial charge in [0.2, 0.25) is 5.89 Å². The normalized spacial score (nSPS) is 27.9. The second kappa shape index (κ2) is 3.95. The van der Waals surface area contributed by atoms with Crippen LogP contribution in [0.15, 0.2) is 10.7 Å². The summed E-state index contributed by atoms with van der Waals surface area (Å²) >= 11 is 1.98. The van der Waals surface area contributed by atoms with Gasteiger partial charge in [-0.1, -0.05) is 6.92 Å². The Morgan fingerprint density at radius 1 is 1.71 bits per heavy atom. The van der Waals surface area contributed by atoms with Crippen LogP contribution in [0.1, 0.15) is 31.4 Å². The van der Waals surface area contributed by atoms with E-state index in [9.17, 15) is 0 Å². The summed E-state index contributed by atoms with van der Waals surface area (Å²) in [6, 6.07) is 0. The zero-order valence-corrected chi connectivity index (χ0v) is 9.27. The molecule has 1 aromatic rings. The van der Waals surface area contributed by atoms with E-state index < -0.39 is 0 Å². The summed E-state index contributed by atoms with van der Waals surface area (Å²) in [5.74, 6) is 3.24. The summed E-state index contributed by atoms with van der Waals surface area (Å²) in [6.45, 7) is 2.69. The van der Waals surface area contributed by atoms with Crippen molar-refractivity contribution in [2.45, 2.75) is 31.7 Å². The Kier molecular flexibility index (Phi) is 2.83. The molecule has 4 heteroatoms. The Labute approximate surface area is 88.5 Å². The van der Waals surface area contributed by atoms with Gasteiger partial charge in [0.25, 0.3) is 0 Å². The zero-order valence-electron chi connectivity index (χ0n) is 8.45. The van der Waals surface area contributed by atoms with E-state index in [1.807, 2.05) is 11.8 Å². The molecule has 0 amide bonds. The lowest BCUT2D eigenvalue weighted by molar-refractivity contribution is 0.348. The van der Waals surface area contributed by atoms with E-state index in [0.29, 0.717) is 6.54 Å². The highest BCUT2D eigenvalue weighted by Gasteiger charge is 2.33. The van der Waals surface area contributed by atoms with Gasteiger partial charge in [-0.15, -0.1) is 0 Å². The van der Waals surface area contributed by atoms with Crippen LogP contribution in [-0.4, -0.2) is 16.5 Å². The molecule has 1 aromatic heterocycles. The molecule has 1 unspecified atom stereocenters. The summed E-state index contributed by atoms with van der Waals surface area (Å²) in [5.41, 5.74) is 6.49. The maximum atomic E-state index is 5.51. The molecule has 0 aromatic carbocycles. The number of hydrogen-bond acceptors (Lipinski definition) is 4. The highest BCUT2D eigenvalue weighted by Crippen LogP contribution is 2.36. The average molecular weight is 212 g/mol. The number of rotatable bonds is 2. The third-order valence-electron chi connectivity index (χ3n) is 2.72. The van der Waals surface area contributed by atoms with Crippen LogP contribution >= 0.6 is 11.8 Å². The van der Waals surface area contributed by atoms with Crippen molar-refractivity contribution < 1.29 is 4.42 Å². The Hall–Kier alpha value is -0.480. The van der Waals surface area contributed by atoms with E-state index in [2.05, 4.69) is 11.9 Å². The molecule has 2 N–H and O–H groups in total. The quantitative estimate of drug-likeness (QED) is 0.813. The Morgan fingerprint density at radius 3 is 3.14 bits per heavy atom. The molecule has 3 nitrogen and oxygen atoms in total. The third kappa shape index (κ3) is 1.81. The molecule has 0 radical (unpaired) electrons. The fourth-order valence-corrected chi connectivity index (χ4v) is 2.99. The SMILES string of the molecule is CC1(c2nc(CN)co2)CCCSC1. The first-order valence-corrected chi connectivity index (χ1v) is 6.13. The lowest BCUT2D eigenvalue weighted by Gasteiger charge is -2.29. The minimum atomic E-state index is 0.121. The van der Waals surface area contributed by atoms with Crippen LogP contribution in [0.2, 0.25) is 0 Å². The number of nitrogens with two attached hydrogens (primary N) is 1. The largest absolute Gasteiger partial charge is 0.448 e. The molecule has 1 aliphatic rings. The van der Waals surface area contributed by atoms with Gasteiger partial charge < -0.3 is 10.2 Å².